The first-order chi connectivity index (χ1) is 10.5. The van der Waals surface area contributed by atoms with Crippen LogP contribution in [0.3, 0.4) is 0 Å². The van der Waals surface area contributed by atoms with Crippen molar-refractivity contribution in [3.05, 3.63) is 35.7 Å². The summed E-state index contributed by atoms with van der Waals surface area (Å²) >= 11 is 1.47. The van der Waals surface area contributed by atoms with Crippen molar-refractivity contribution in [1.29, 1.82) is 0 Å². The number of benzene rings is 1. The third kappa shape index (κ3) is 3.32. The summed E-state index contributed by atoms with van der Waals surface area (Å²) in [5, 5.41) is 11.9. The molecule has 0 aliphatic heterocycles. The third-order valence-corrected chi connectivity index (χ3v) is 4.74. The fraction of sp³-hybridized carbons (Fsp3) is 0.438. The van der Waals surface area contributed by atoms with Crippen molar-refractivity contribution in [2.24, 2.45) is 0 Å². The smallest absolute Gasteiger partial charge is 0.237 e. The van der Waals surface area contributed by atoms with Crippen LogP contribution >= 0.6 is 11.8 Å². The Morgan fingerprint density at radius 1 is 1.36 bits per heavy atom. The van der Waals surface area contributed by atoms with E-state index in [0.717, 1.165) is 22.2 Å². The number of anilines is 1. The van der Waals surface area contributed by atoms with Gasteiger partial charge in [0, 0.05) is 11.7 Å². The van der Waals surface area contributed by atoms with E-state index in [1.54, 1.807) is 0 Å². The fourth-order valence-corrected chi connectivity index (χ4v) is 3.33. The minimum absolute atomic E-state index is 0.0152. The summed E-state index contributed by atoms with van der Waals surface area (Å²) in [6.07, 6.45) is 2.35. The number of hydrogen-bond donors (Lipinski definition) is 1. The minimum atomic E-state index is -0.221. The van der Waals surface area contributed by atoms with Crippen molar-refractivity contribution in [2.75, 3.05) is 5.32 Å². The molecule has 0 radical (unpaired) electrons. The lowest BCUT2D eigenvalue weighted by atomic mass is 10.2. The second kappa shape index (κ2) is 6.12. The monoisotopic (exact) mass is 316 g/mol. The van der Waals surface area contributed by atoms with Gasteiger partial charge in [0.25, 0.3) is 0 Å². The van der Waals surface area contributed by atoms with Gasteiger partial charge in [-0.2, -0.15) is 0 Å². The number of aryl methyl sites for hydroxylation is 2. The van der Waals surface area contributed by atoms with E-state index in [0.29, 0.717) is 6.04 Å². The first kappa shape index (κ1) is 15.1. The molecule has 0 saturated heterocycles. The highest BCUT2D eigenvalue weighted by molar-refractivity contribution is 8.00. The highest BCUT2D eigenvalue weighted by atomic mass is 32.2. The molecule has 0 spiro atoms. The van der Waals surface area contributed by atoms with Gasteiger partial charge in [0.2, 0.25) is 5.91 Å². The van der Waals surface area contributed by atoms with E-state index >= 15 is 0 Å². The molecule has 1 aliphatic carbocycles. The molecule has 1 aromatic carbocycles. The van der Waals surface area contributed by atoms with Crippen molar-refractivity contribution in [3.8, 4) is 0 Å². The summed E-state index contributed by atoms with van der Waals surface area (Å²) in [5.41, 5.74) is 1.96. The van der Waals surface area contributed by atoms with Crippen LogP contribution in [0, 0.1) is 13.8 Å². The molecule has 116 valence electrons. The second-order valence-electron chi connectivity index (χ2n) is 5.75. The SMILES string of the molecule is Cc1cccc(NC(=O)[C@H](C)Sc2nnc(C)n2C2CC2)c1. The average molecular weight is 316 g/mol. The molecule has 6 heteroatoms. The highest BCUT2D eigenvalue weighted by Gasteiger charge is 2.29. The molecule has 1 atom stereocenters. The number of hydrogen-bond acceptors (Lipinski definition) is 4. The second-order valence-corrected chi connectivity index (χ2v) is 7.06. The minimum Gasteiger partial charge on any atom is -0.325 e. The normalized spacial score (nSPS) is 15.6. The third-order valence-electron chi connectivity index (χ3n) is 3.68. The molecule has 0 unspecified atom stereocenters. The topological polar surface area (TPSA) is 59.8 Å². The van der Waals surface area contributed by atoms with Crippen LogP contribution in [0.1, 0.15) is 37.2 Å². The number of carbonyl (C=O) groups excluding carboxylic acids is 1. The summed E-state index contributed by atoms with van der Waals surface area (Å²) in [4.78, 5) is 12.3. The molecular weight excluding hydrogens is 296 g/mol. The molecule has 22 heavy (non-hydrogen) atoms. The first-order valence-electron chi connectivity index (χ1n) is 7.50. The lowest BCUT2D eigenvalue weighted by molar-refractivity contribution is -0.115. The predicted molar refractivity (Wildman–Crippen MR) is 88.2 cm³/mol. The van der Waals surface area contributed by atoms with Gasteiger partial charge < -0.3 is 9.88 Å². The maximum Gasteiger partial charge on any atom is 0.237 e. The van der Waals surface area contributed by atoms with Crippen molar-refractivity contribution in [2.45, 2.75) is 50.1 Å². The van der Waals surface area contributed by atoms with Crippen LogP contribution in [0.15, 0.2) is 29.4 Å². The zero-order valence-corrected chi connectivity index (χ0v) is 13.9. The van der Waals surface area contributed by atoms with Crippen LogP contribution in [0.25, 0.3) is 0 Å². The molecule has 1 amide bonds. The van der Waals surface area contributed by atoms with Gasteiger partial charge >= 0.3 is 0 Å². The summed E-state index contributed by atoms with van der Waals surface area (Å²) in [7, 11) is 0. The Morgan fingerprint density at radius 2 is 2.14 bits per heavy atom. The van der Waals surface area contributed by atoms with Crippen LogP contribution in [0.2, 0.25) is 0 Å². The van der Waals surface area contributed by atoms with Crippen molar-refractivity contribution < 1.29 is 4.79 Å². The largest absolute Gasteiger partial charge is 0.325 e. The van der Waals surface area contributed by atoms with Gasteiger partial charge in [0.1, 0.15) is 5.82 Å². The van der Waals surface area contributed by atoms with Crippen LogP contribution in [-0.4, -0.2) is 25.9 Å². The Balaban J connectivity index is 1.66. The Kier molecular flexibility index (Phi) is 4.20. The number of carbonyl (C=O) groups is 1. The molecule has 2 aromatic rings. The Bertz CT molecular complexity index is 693. The number of thioether (sulfide) groups is 1. The number of aromatic nitrogens is 3. The molecule has 1 aromatic heterocycles. The zero-order chi connectivity index (χ0) is 15.7. The van der Waals surface area contributed by atoms with Gasteiger partial charge in [-0.05, 0) is 51.3 Å². The lowest BCUT2D eigenvalue weighted by Crippen LogP contribution is -2.23. The van der Waals surface area contributed by atoms with Crippen LogP contribution in [0.5, 0.6) is 0 Å². The molecule has 1 N–H and O–H groups in total. The molecule has 1 fully saturated rings. The van der Waals surface area contributed by atoms with E-state index in [9.17, 15) is 4.79 Å². The van der Waals surface area contributed by atoms with E-state index in [1.807, 2.05) is 45.0 Å². The van der Waals surface area contributed by atoms with Crippen molar-refractivity contribution in [1.82, 2.24) is 14.8 Å². The van der Waals surface area contributed by atoms with Crippen LogP contribution < -0.4 is 5.32 Å². The molecule has 1 aliphatic rings. The molecule has 5 nitrogen and oxygen atoms in total. The summed E-state index contributed by atoms with van der Waals surface area (Å²) in [5.74, 6) is 0.912. The molecular formula is C16H20N4OS. The van der Waals surface area contributed by atoms with Crippen LogP contribution in [0.4, 0.5) is 5.69 Å². The predicted octanol–water partition coefficient (Wildman–Crippen LogP) is 3.35. The van der Waals surface area contributed by atoms with Crippen molar-refractivity contribution in [3.63, 3.8) is 0 Å². The zero-order valence-electron chi connectivity index (χ0n) is 13.0. The maximum absolute atomic E-state index is 12.3. The van der Waals surface area contributed by atoms with E-state index in [4.69, 9.17) is 0 Å². The molecule has 0 bridgehead atoms. The van der Waals surface area contributed by atoms with Gasteiger partial charge in [-0.3, -0.25) is 4.79 Å². The average Bonchev–Trinajstić information content (AvgIpc) is 3.24. The molecule has 3 rings (SSSR count). The van der Waals surface area contributed by atoms with Crippen molar-refractivity contribution >= 4 is 23.4 Å². The molecule has 1 heterocycles. The first-order valence-corrected chi connectivity index (χ1v) is 8.38. The number of rotatable bonds is 5. The quantitative estimate of drug-likeness (QED) is 0.859. The maximum atomic E-state index is 12.3. The van der Waals surface area contributed by atoms with E-state index < -0.39 is 0 Å². The molecule has 1 saturated carbocycles. The highest BCUT2D eigenvalue weighted by Crippen LogP contribution is 2.39. The van der Waals surface area contributed by atoms with Gasteiger partial charge in [0.15, 0.2) is 5.16 Å². The van der Waals surface area contributed by atoms with Crippen LogP contribution in [-0.2, 0) is 4.79 Å². The summed E-state index contributed by atoms with van der Waals surface area (Å²) < 4.78 is 2.15. The van der Waals surface area contributed by atoms with Gasteiger partial charge in [-0.15, -0.1) is 10.2 Å². The summed E-state index contributed by atoms with van der Waals surface area (Å²) in [6.45, 7) is 5.87. The number of amides is 1. The Labute approximate surface area is 134 Å². The fourth-order valence-electron chi connectivity index (χ4n) is 2.36. The lowest BCUT2D eigenvalue weighted by Gasteiger charge is -2.13. The number of nitrogens with one attached hydrogen (secondary N) is 1. The Hall–Kier alpha value is -1.82. The number of nitrogens with zero attached hydrogens (tertiary/aromatic N) is 3. The Morgan fingerprint density at radius 3 is 2.82 bits per heavy atom. The van der Waals surface area contributed by atoms with E-state index in [2.05, 4.69) is 20.1 Å². The van der Waals surface area contributed by atoms with Gasteiger partial charge in [-0.25, -0.2) is 0 Å². The van der Waals surface area contributed by atoms with Gasteiger partial charge in [-0.1, -0.05) is 23.9 Å². The van der Waals surface area contributed by atoms with E-state index in [1.165, 1.54) is 24.6 Å². The summed E-state index contributed by atoms with van der Waals surface area (Å²) in [6, 6.07) is 8.33. The van der Waals surface area contributed by atoms with E-state index in [-0.39, 0.29) is 11.2 Å². The standard InChI is InChI=1S/C16H20N4OS/c1-10-5-4-6-13(9-10)17-15(21)11(2)22-16-19-18-12(3)20(16)14-7-8-14/h4-6,9,11,14H,7-8H2,1-3H3,(H,17,21)/t11-/m0/s1. The van der Waals surface area contributed by atoms with Gasteiger partial charge in [0.05, 0.1) is 5.25 Å².